The molecule has 1 saturated heterocycles. The molecule has 2 N–H and O–H groups in total. The molecule has 0 spiro atoms. The Labute approximate surface area is 116 Å². The van der Waals surface area contributed by atoms with Crippen LogP contribution in [0.1, 0.15) is 19.2 Å². The molecule has 6 heteroatoms. The summed E-state index contributed by atoms with van der Waals surface area (Å²) >= 11 is 1.61. The topological polar surface area (TPSA) is 68.2 Å². The van der Waals surface area contributed by atoms with E-state index >= 15 is 0 Å². The zero-order valence-electron chi connectivity index (χ0n) is 11.0. The van der Waals surface area contributed by atoms with Crippen molar-refractivity contribution >= 4 is 11.3 Å². The van der Waals surface area contributed by atoms with Gasteiger partial charge in [-0.3, -0.25) is 4.90 Å². The summed E-state index contributed by atoms with van der Waals surface area (Å²) in [4.78, 5) is 7.86. The first-order chi connectivity index (χ1) is 9.26. The molecule has 5 nitrogen and oxygen atoms in total. The van der Waals surface area contributed by atoms with Gasteiger partial charge >= 0.3 is 0 Å². The fourth-order valence-corrected chi connectivity index (χ4v) is 3.25. The van der Waals surface area contributed by atoms with Gasteiger partial charge in [0.15, 0.2) is 5.82 Å². The van der Waals surface area contributed by atoms with Gasteiger partial charge in [-0.2, -0.15) is 4.98 Å². The maximum absolute atomic E-state index is 5.74. The van der Waals surface area contributed by atoms with E-state index in [1.54, 1.807) is 11.3 Å². The molecule has 2 atom stereocenters. The van der Waals surface area contributed by atoms with Gasteiger partial charge in [-0.15, -0.1) is 11.3 Å². The molecule has 0 saturated carbocycles. The van der Waals surface area contributed by atoms with Crippen molar-refractivity contribution in [3.05, 3.63) is 23.3 Å². The molecule has 1 aliphatic rings. The largest absolute Gasteiger partial charge is 0.333 e. The van der Waals surface area contributed by atoms with E-state index in [0.717, 1.165) is 36.8 Å². The Morgan fingerprint density at radius 2 is 2.47 bits per heavy atom. The van der Waals surface area contributed by atoms with Gasteiger partial charge in [-0.1, -0.05) is 11.2 Å². The van der Waals surface area contributed by atoms with Gasteiger partial charge in [0.05, 0.1) is 11.4 Å². The highest BCUT2D eigenvalue weighted by atomic mass is 32.1. The first-order valence-electron chi connectivity index (χ1n) is 6.57. The zero-order chi connectivity index (χ0) is 13.2. The number of nitrogens with two attached hydrogens (primary N) is 1. The summed E-state index contributed by atoms with van der Waals surface area (Å²) in [5.41, 5.74) is 5.74. The third kappa shape index (κ3) is 2.70. The minimum absolute atomic E-state index is 0.539. The summed E-state index contributed by atoms with van der Waals surface area (Å²) in [5.74, 6) is 1.97. The summed E-state index contributed by atoms with van der Waals surface area (Å²) in [6.07, 6.45) is 1.16. The summed E-state index contributed by atoms with van der Waals surface area (Å²) in [6, 6.07) is 4.51. The smallest absolute Gasteiger partial charge is 0.268 e. The number of nitrogens with zero attached hydrogens (tertiary/aromatic N) is 3. The molecule has 0 bridgehead atoms. The standard InChI is InChI=1S/C13H18N4OS/c1-9-5-10(6-14)7-17(9)8-12-15-13(18-16-12)11-3-2-4-19-11/h2-4,9-10H,5-8,14H2,1H3. The molecule has 2 unspecified atom stereocenters. The van der Waals surface area contributed by atoms with Crippen LogP contribution in [0.4, 0.5) is 0 Å². The Morgan fingerprint density at radius 3 is 3.16 bits per heavy atom. The van der Waals surface area contributed by atoms with Crippen LogP contribution in [0, 0.1) is 5.92 Å². The fourth-order valence-electron chi connectivity index (χ4n) is 2.61. The number of likely N-dealkylation sites (tertiary alicyclic amines) is 1. The molecule has 3 heterocycles. The maximum Gasteiger partial charge on any atom is 0.268 e. The van der Waals surface area contributed by atoms with E-state index < -0.39 is 0 Å². The lowest BCUT2D eigenvalue weighted by Gasteiger charge is -2.18. The number of thiophene rings is 1. The van der Waals surface area contributed by atoms with Crippen molar-refractivity contribution in [2.24, 2.45) is 11.7 Å². The molecule has 102 valence electrons. The second-order valence-electron chi connectivity index (χ2n) is 5.11. The molecule has 2 aromatic heterocycles. The molecule has 0 aromatic carbocycles. The highest BCUT2D eigenvalue weighted by Crippen LogP contribution is 2.25. The van der Waals surface area contributed by atoms with E-state index in [0.29, 0.717) is 17.9 Å². The normalized spacial score (nSPS) is 24.1. The van der Waals surface area contributed by atoms with E-state index in [-0.39, 0.29) is 0 Å². The van der Waals surface area contributed by atoms with Gasteiger partial charge in [-0.05, 0) is 37.3 Å². The van der Waals surface area contributed by atoms with E-state index in [4.69, 9.17) is 10.3 Å². The van der Waals surface area contributed by atoms with Crippen molar-refractivity contribution in [1.82, 2.24) is 15.0 Å². The molecule has 19 heavy (non-hydrogen) atoms. The van der Waals surface area contributed by atoms with Crippen LogP contribution < -0.4 is 5.73 Å². The van der Waals surface area contributed by atoms with Crippen LogP contribution in [0.3, 0.4) is 0 Å². The van der Waals surface area contributed by atoms with Crippen molar-refractivity contribution in [3.63, 3.8) is 0 Å². The van der Waals surface area contributed by atoms with Crippen molar-refractivity contribution in [3.8, 4) is 10.8 Å². The van der Waals surface area contributed by atoms with E-state index in [9.17, 15) is 0 Å². The maximum atomic E-state index is 5.74. The summed E-state index contributed by atoms with van der Waals surface area (Å²) in [5, 5.41) is 6.08. The summed E-state index contributed by atoms with van der Waals surface area (Å²) < 4.78 is 5.31. The molecular formula is C13H18N4OS. The van der Waals surface area contributed by atoms with Crippen molar-refractivity contribution in [1.29, 1.82) is 0 Å². The Bertz CT molecular complexity index is 524. The second kappa shape index (κ2) is 5.40. The highest BCUT2D eigenvalue weighted by molar-refractivity contribution is 7.13. The SMILES string of the molecule is CC1CC(CN)CN1Cc1noc(-c2cccs2)n1. The zero-order valence-corrected chi connectivity index (χ0v) is 11.8. The van der Waals surface area contributed by atoms with Crippen LogP contribution in [-0.4, -0.2) is 34.2 Å². The Kier molecular flexibility index (Phi) is 3.63. The average molecular weight is 278 g/mol. The average Bonchev–Trinajstić information content (AvgIpc) is 3.11. The molecular weight excluding hydrogens is 260 g/mol. The molecule has 0 aliphatic carbocycles. The third-order valence-corrected chi connectivity index (χ3v) is 4.53. The van der Waals surface area contributed by atoms with Crippen molar-refractivity contribution in [2.45, 2.75) is 25.9 Å². The quantitative estimate of drug-likeness (QED) is 0.926. The lowest BCUT2D eigenvalue weighted by atomic mass is 10.1. The third-order valence-electron chi connectivity index (χ3n) is 3.67. The molecule has 1 fully saturated rings. The molecule has 2 aromatic rings. The van der Waals surface area contributed by atoms with Gasteiger partial charge in [0, 0.05) is 12.6 Å². The number of hydrogen-bond donors (Lipinski definition) is 1. The molecule has 0 amide bonds. The van der Waals surface area contributed by atoms with Crippen LogP contribution in [0.15, 0.2) is 22.0 Å². The van der Waals surface area contributed by atoms with Crippen molar-refractivity contribution < 1.29 is 4.52 Å². The lowest BCUT2D eigenvalue weighted by molar-refractivity contribution is 0.245. The van der Waals surface area contributed by atoms with Gasteiger partial charge in [0.25, 0.3) is 5.89 Å². The number of rotatable bonds is 4. The monoisotopic (exact) mass is 278 g/mol. The van der Waals surface area contributed by atoms with E-state index in [1.807, 2.05) is 17.5 Å². The second-order valence-corrected chi connectivity index (χ2v) is 6.06. The van der Waals surface area contributed by atoms with Crippen LogP contribution in [0.25, 0.3) is 10.8 Å². The predicted molar refractivity (Wildman–Crippen MR) is 74.6 cm³/mol. The molecule has 0 radical (unpaired) electrons. The van der Waals surface area contributed by atoms with Gasteiger partial charge in [0.2, 0.25) is 0 Å². The fraction of sp³-hybridized carbons (Fsp3) is 0.538. The number of aromatic nitrogens is 2. The minimum Gasteiger partial charge on any atom is -0.333 e. The summed E-state index contributed by atoms with van der Waals surface area (Å²) in [7, 11) is 0. The minimum atomic E-state index is 0.539. The van der Waals surface area contributed by atoms with E-state index in [2.05, 4.69) is 22.0 Å². The first kappa shape index (κ1) is 12.8. The number of hydrogen-bond acceptors (Lipinski definition) is 6. The van der Waals surface area contributed by atoms with Crippen molar-refractivity contribution in [2.75, 3.05) is 13.1 Å². The van der Waals surface area contributed by atoms with Gasteiger partial charge < -0.3 is 10.3 Å². The lowest BCUT2D eigenvalue weighted by Crippen LogP contribution is -2.27. The highest BCUT2D eigenvalue weighted by Gasteiger charge is 2.29. The van der Waals surface area contributed by atoms with Crippen LogP contribution in [0.5, 0.6) is 0 Å². The van der Waals surface area contributed by atoms with Gasteiger partial charge in [-0.25, -0.2) is 0 Å². The predicted octanol–water partition coefficient (Wildman–Crippen LogP) is 1.97. The molecule has 1 aliphatic heterocycles. The van der Waals surface area contributed by atoms with Crippen LogP contribution >= 0.6 is 11.3 Å². The molecule has 3 rings (SSSR count). The van der Waals surface area contributed by atoms with E-state index in [1.165, 1.54) is 0 Å². The Hall–Kier alpha value is -1.24. The Balaban J connectivity index is 1.68. The van der Waals surface area contributed by atoms with Gasteiger partial charge in [0.1, 0.15) is 0 Å². The Morgan fingerprint density at radius 1 is 1.58 bits per heavy atom. The van der Waals surface area contributed by atoms with Crippen LogP contribution in [0.2, 0.25) is 0 Å². The first-order valence-corrected chi connectivity index (χ1v) is 7.45. The summed E-state index contributed by atoms with van der Waals surface area (Å²) in [6.45, 7) is 4.76. The van der Waals surface area contributed by atoms with Crippen LogP contribution in [-0.2, 0) is 6.54 Å².